The predicted molar refractivity (Wildman–Crippen MR) is 68.2 cm³/mol. The topological polar surface area (TPSA) is 58.2 Å². The lowest BCUT2D eigenvalue weighted by molar-refractivity contribution is -0.118. The fourth-order valence-corrected chi connectivity index (χ4v) is 1.45. The van der Waals surface area contributed by atoms with Crippen LogP contribution in [0, 0.1) is 0 Å². The van der Waals surface area contributed by atoms with Crippen LogP contribution in [0.25, 0.3) is 0 Å². The van der Waals surface area contributed by atoms with Gasteiger partial charge >= 0.3 is 0 Å². The lowest BCUT2D eigenvalue weighted by Crippen LogP contribution is -2.26. The van der Waals surface area contributed by atoms with Gasteiger partial charge in [0.15, 0.2) is 0 Å². The Balaban J connectivity index is 2.40. The highest BCUT2D eigenvalue weighted by Crippen LogP contribution is 2.09. The largest absolute Gasteiger partial charge is 0.355 e. The average Bonchev–Trinajstić information content (AvgIpc) is 2.30. The van der Waals surface area contributed by atoms with Crippen molar-refractivity contribution in [3.63, 3.8) is 0 Å². The fourth-order valence-electron chi connectivity index (χ4n) is 1.35. The van der Waals surface area contributed by atoms with Crippen molar-refractivity contribution in [2.75, 3.05) is 17.7 Å². The van der Waals surface area contributed by atoms with Crippen LogP contribution in [0.3, 0.4) is 0 Å². The molecule has 17 heavy (non-hydrogen) atoms. The number of hydrogen-bond donors (Lipinski definition) is 2. The lowest BCUT2D eigenvalue weighted by Gasteiger charge is -2.05. The van der Waals surface area contributed by atoms with E-state index in [9.17, 15) is 9.59 Å². The highest BCUT2D eigenvalue weighted by Gasteiger charge is 1.99. The van der Waals surface area contributed by atoms with E-state index < -0.39 is 0 Å². The van der Waals surface area contributed by atoms with Gasteiger partial charge in [0.25, 0.3) is 0 Å². The summed E-state index contributed by atoms with van der Waals surface area (Å²) in [6.45, 7) is 2.03. The summed E-state index contributed by atoms with van der Waals surface area (Å²) < 4.78 is 0. The Bertz CT molecular complexity index is 390. The average molecular weight is 255 g/mol. The van der Waals surface area contributed by atoms with Crippen molar-refractivity contribution in [1.29, 1.82) is 0 Å². The summed E-state index contributed by atoms with van der Waals surface area (Å²) in [5.41, 5.74) is 1.86. The molecule has 0 saturated heterocycles. The zero-order valence-corrected chi connectivity index (χ0v) is 10.4. The molecule has 2 N–H and O–H groups in total. The Labute approximate surface area is 105 Å². The molecule has 0 radical (unpaired) electrons. The van der Waals surface area contributed by atoms with Gasteiger partial charge in [-0.1, -0.05) is 12.1 Å². The third kappa shape index (κ3) is 5.36. The minimum atomic E-state index is -0.165. The first-order valence-corrected chi connectivity index (χ1v) is 5.84. The standard InChI is InChI=1S/C12H15ClN2O2/c1-9(16)15-11-4-2-10(3-5-11)6-7-14-12(17)8-13/h2-5H,6-8H2,1H3,(H,14,17)(H,15,16). The Hall–Kier alpha value is -1.55. The number of hydrogen-bond acceptors (Lipinski definition) is 2. The zero-order valence-electron chi connectivity index (χ0n) is 9.63. The van der Waals surface area contributed by atoms with Crippen molar-refractivity contribution in [2.45, 2.75) is 13.3 Å². The van der Waals surface area contributed by atoms with Crippen LogP contribution in [0.15, 0.2) is 24.3 Å². The molecule has 0 aromatic heterocycles. The quantitative estimate of drug-likeness (QED) is 0.783. The molecule has 0 aliphatic rings. The molecule has 5 heteroatoms. The lowest BCUT2D eigenvalue weighted by atomic mass is 10.1. The number of halogens is 1. The first kappa shape index (κ1) is 13.5. The summed E-state index contributed by atoms with van der Waals surface area (Å²) in [5, 5.41) is 5.38. The number of nitrogens with one attached hydrogen (secondary N) is 2. The first-order chi connectivity index (χ1) is 8.11. The van der Waals surface area contributed by atoms with E-state index in [-0.39, 0.29) is 17.7 Å². The van der Waals surface area contributed by atoms with E-state index in [0.29, 0.717) is 6.54 Å². The van der Waals surface area contributed by atoms with Gasteiger partial charge in [-0.25, -0.2) is 0 Å². The van der Waals surface area contributed by atoms with Crippen LogP contribution >= 0.6 is 11.6 Å². The van der Waals surface area contributed by atoms with Crippen molar-refractivity contribution in [1.82, 2.24) is 5.32 Å². The number of carbonyl (C=O) groups excluding carboxylic acids is 2. The summed E-state index contributed by atoms with van der Waals surface area (Å²) in [6.07, 6.45) is 0.739. The van der Waals surface area contributed by atoms with Gasteiger partial charge in [0.2, 0.25) is 11.8 Å². The molecular weight excluding hydrogens is 240 g/mol. The molecule has 0 fully saturated rings. The van der Waals surface area contributed by atoms with Crippen LogP contribution in [-0.4, -0.2) is 24.2 Å². The number of benzene rings is 1. The summed E-state index contributed by atoms with van der Waals surface area (Å²) >= 11 is 5.35. The maximum absolute atomic E-state index is 10.9. The van der Waals surface area contributed by atoms with Crippen molar-refractivity contribution in [3.05, 3.63) is 29.8 Å². The maximum atomic E-state index is 10.9. The Morgan fingerprint density at radius 1 is 1.24 bits per heavy atom. The number of anilines is 1. The predicted octanol–water partition coefficient (Wildman–Crippen LogP) is 1.54. The van der Waals surface area contributed by atoms with Gasteiger partial charge in [-0.3, -0.25) is 9.59 Å². The Morgan fingerprint density at radius 2 is 1.88 bits per heavy atom. The number of amides is 2. The molecule has 1 aromatic carbocycles. The number of rotatable bonds is 5. The fraction of sp³-hybridized carbons (Fsp3) is 0.333. The van der Waals surface area contributed by atoms with Crippen molar-refractivity contribution >= 4 is 29.1 Å². The molecule has 0 aliphatic heterocycles. The van der Waals surface area contributed by atoms with E-state index in [1.54, 1.807) is 0 Å². The second-order valence-corrected chi connectivity index (χ2v) is 3.88. The molecule has 0 bridgehead atoms. The smallest absolute Gasteiger partial charge is 0.234 e. The number of alkyl halides is 1. The van der Waals surface area contributed by atoms with Gasteiger partial charge in [-0.2, -0.15) is 0 Å². The van der Waals surface area contributed by atoms with Gasteiger partial charge in [0, 0.05) is 19.2 Å². The third-order valence-electron chi connectivity index (χ3n) is 2.13. The van der Waals surface area contributed by atoms with Gasteiger partial charge < -0.3 is 10.6 Å². The molecule has 0 unspecified atom stereocenters. The molecule has 0 spiro atoms. The zero-order chi connectivity index (χ0) is 12.7. The van der Waals surface area contributed by atoms with E-state index >= 15 is 0 Å². The van der Waals surface area contributed by atoms with Crippen LogP contribution in [0.5, 0.6) is 0 Å². The highest BCUT2D eigenvalue weighted by atomic mass is 35.5. The summed E-state index contributed by atoms with van der Waals surface area (Å²) in [5.74, 6) is -0.268. The molecule has 0 atom stereocenters. The molecular formula is C12H15ClN2O2. The van der Waals surface area contributed by atoms with E-state index in [4.69, 9.17) is 11.6 Å². The molecule has 2 amide bonds. The van der Waals surface area contributed by atoms with E-state index in [1.807, 2.05) is 24.3 Å². The normalized spacial score (nSPS) is 9.76. The van der Waals surface area contributed by atoms with Gasteiger partial charge in [0.1, 0.15) is 5.88 Å². The Kier molecular flexibility index (Phi) is 5.49. The summed E-state index contributed by atoms with van der Waals surface area (Å²) in [6, 6.07) is 7.50. The monoisotopic (exact) mass is 254 g/mol. The molecule has 0 heterocycles. The maximum Gasteiger partial charge on any atom is 0.234 e. The minimum Gasteiger partial charge on any atom is -0.355 e. The molecule has 1 rings (SSSR count). The van der Waals surface area contributed by atoms with Crippen molar-refractivity contribution in [3.8, 4) is 0 Å². The van der Waals surface area contributed by atoms with Crippen LogP contribution in [0.4, 0.5) is 5.69 Å². The van der Waals surface area contributed by atoms with Crippen LogP contribution < -0.4 is 10.6 Å². The van der Waals surface area contributed by atoms with Crippen molar-refractivity contribution < 1.29 is 9.59 Å². The highest BCUT2D eigenvalue weighted by molar-refractivity contribution is 6.27. The molecule has 92 valence electrons. The second-order valence-electron chi connectivity index (χ2n) is 3.61. The summed E-state index contributed by atoms with van der Waals surface area (Å²) in [4.78, 5) is 21.7. The van der Waals surface area contributed by atoms with E-state index in [2.05, 4.69) is 10.6 Å². The Morgan fingerprint density at radius 3 is 2.41 bits per heavy atom. The van der Waals surface area contributed by atoms with Crippen LogP contribution in [0.2, 0.25) is 0 Å². The van der Waals surface area contributed by atoms with Crippen LogP contribution in [0.1, 0.15) is 12.5 Å². The van der Waals surface area contributed by atoms with Gasteiger partial charge in [-0.05, 0) is 24.1 Å². The van der Waals surface area contributed by atoms with E-state index in [1.165, 1.54) is 6.92 Å². The first-order valence-electron chi connectivity index (χ1n) is 5.31. The van der Waals surface area contributed by atoms with Gasteiger partial charge in [0.05, 0.1) is 0 Å². The third-order valence-corrected chi connectivity index (χ3v) is 2.37. The molecule has 1 aromatic rings. The molecule has 0 saturated carbocycles. The summed E-state index contributed by atoms with van der Waals surface area (Å²) in [7, 11) is 0. The minimum absolute atomic E-state index is 0.0124. The second kappa shape index (κ2) is 6.91. The van der Waals surface area contributed by atoms with Crippen LogP contribution in [-0.2, 0) is 16.0 Å². The number of carbonyl (C=O) groups is 2. The SMILES string of the molecule is CC(=O)Nc1ccc(CCNC(=O)CCl)cc1. The van der Waals surface area contributed by atoms with Crippen molar-refractivity contribution in [2.24, 2.45) is 0 Å². The molecule has 0 aliphatic carbocycles. The molecule has 4 nitrogen and oxygen atoms in total. The van der Waals surface area contributed by atoms with Gasteiger partial charge in [-0.15, -0.1) is 11.6 Å². The van der Waals surface area contributed by atoms with E-state index in [0.717, 1.165) is 17.7 Å².